The highest BCUT2D eigenvalue weighted by Gasteiger charge is 2.15. The molecule has 1 aromatic heterocycles. The van der Waals surface area contributed by atoms with E-state index >= 15 is 0 Å². The van der Waals surface area contributed by atoms with Gasteiger partial charge in [0.05, 0.1) is 11.9 Å². The molecule has 3 aromatic rings. The summed E-state index contributed by atoms with van der Waals surface area (Å²) in [6, 6.07) is 13.0. The second-order valence-electron chi connectivity index (χ2n) is 5.41. The first-order chi connectivity index (χ1) is 12.7. The topological polar surface area (TPSA) is 73.6 Å². The monoisotopic (exact) mass is 432 g/mol. The van der Waals surface area contributed by atoms with Gasteiger partial charge in [-0.05, 0) is 24.3 Å². The van der Waals surface area contributed by atoms with Gasteiger partial charge in [-0.3, -0.25) is 4.79 Å². The van der Waals surface area contributed by atoms with Gasteiger partial charge in [-0.2, -0.15) is 0 Å². The van der Waals surface area contributed by atoms with Crippen molar-refractivity contribution in [3.63, 3.8) is 0 Å². The van der Waals surface area contributed by atoms with Crippen LogP contribution in [0.5, 0.6) is 11.5 Å². The third kappa shape index (κ3) is 3.86. The molecule has 6 nitrogen and oxygen atoms in total. The summed E-state index contributed by atoms with van der Waals surface area (Å²) in [5, 5.41) is 3.26. The number of ether oxygens (including phenoxy) is 2. The van der Waals surface area contributed by atoms with Crippen molar-refractivity contribution >= 4 is 39.3 Å². The van der Waals surface area contributed by atoms with Crippen LogP contribution in [0.4, 0.5) is 5.69 Å². The SMILES string of the molecule is O=C(CSc1ncc(-c2cccc(Br)c2)o1)Nc1ccc2c(c1)OCO2. The molecule has 2 aromatic carbocycles. The van der Waals surface area contributed by atoms with Crippen LogP contribution in [-0.2, 0) is 4.79 Å². The van der Waals surface area contributed by atoms with E-state index in [1.807, 2.05) is 24.3 Å². The molecule has 1 aliphatic heterocycles. The molecule has 1 amide bonds. The Balaban J connectivity index is 1.35. The summed E-state index contributed by atoms with van der Waals surface area (Å²) >= 11 is 4.66. The highest BCUT2D eigenvalue weighted by Crippen LogP contribution is 2.34. The number of aromatic nitrogens is 1. The molecule has 2 heterocycles. The summed E-state index contributed by atoms with van der Waals surface area (Å²) < 4.78 is 17.2. The Morgan fingerprint density at radius 1 is 1.19 bits per heavy atom. The Kier molecular flexibility index (Phi) is 4.85. The lowest BCUT2D eigenvalue weighted by atomic mass is 10.2. The Bertz CT molecular complexity index is 960. The fourth-order valence-corrected chi connectivity index (χ4v) is 3.40. The zero-order valence-electron chi connectivity index (χ0n) is 13.4. The number of nitrogens with zero attached hydrogens (tertiary/aromatic N) is 1. The molecule has 1 aliphatic rings. The fraction of sp³-hybridized carbons (Fsp3) is 0.111. The number of anilines is 1. The van der Waals surface area contributed by atoms with E-state index in [0.717, 1.165) is 10.0 Å². The van der Waals surface area contributed by atoms with Crippen molar-refractivity contribution < 1.29 is 18.7 Å². The Hall–Kier alpha value is -2.45. The molecule has 0 fully saturated rings. The first-order valence-corrected chi connectivity index (χ1v) is 9.49. The number of fused-ring (bicyclic) bond motifs is 1. The van der Waals surface area contributed by atoms with E-state index in [9.17, 15) is 4.79 Å². The first-order valence-electron chi connectivity index (χ1n) is 7.71. The van der Waals surface area contributed by atoms with Crippen LogP contribution in [0.2, 0.25) is 0 Å². The van der Waals surface area contributed by atoms with E-state index in [-0.39, 0.29) is 18.5 Å². The summed E-state index contributed by atoms with van der Waals surface area (Å²) in [4.78, 5) is 16.3. The zero-order valence-corrected chi connectivity index (χ0v) is 15.8. The zero-order chi connectivity index (χ0) is 17.9. The van der Waals surface area contributed by atoms with Crippen molar-refractivity contribution in [1.82, 2.24) is 4.98 Å². The Labute approximate surface area is 162 Å². The van der Waals surface area contributed by atoms with Crippen LogP contribution in [-0.4, -0.2) is 23.4 Å². The summed E-state index contributed by atoms with van der Waals surface area (Å²) in [5.41, 5.74) is 1.57. The number of rotatable bonds is 5. The predicted molar refractivity (Wildman–Crippen MR) is 102 cm³/mol. The number of carbonyl (C=O) groups excluding carboxylic acids is 1. The van der Waals surface area contributed by atoms with E-state index in [1.165, 1.54) is 11.8 Å². The van der Waals surface area contributed by atoms with Gasteiger partial charge in [0.25, 0.3) is 5.22 Å². The van der Waals surface area contributed by atoms with Crippen LogP contribution in [0.1, 0.15) is 0 Å². The minimum Gasteiger partial charge on any atom is -0.454 e. The van der Waals surface area contributed by atoms with Crippen LogP contribution in [0.25, 0.3) is 11.3 Å². The lowest BCUT2D eigenvalue weighted by Gasteiger charge is -2.05. The molecule has 0 spiro atoms. The molecule has 0 saturated carbocycles. The molecule has 26 heavy (non-hydrogen) atoms. The second kappa shape index (κ2) is 7.43. The van der Waals surface area contributed by atoms with Gasteiger partial charge in [0.15, 0.2) is 17.3 Å². The quantitative estimate of drug-likeness (QED) is 0.595. The van der Waals surface area contributed by atoms with Gasteiger partial charge < -0.3 is 19.2 Å². The van der Waals surface area contributed by atoms with Crippen LogP contribution in [0.3, 0.4) is 0 Å². The largest absolute Gasteiger partial charge is 0.454 e. The second-order valence-corrected chi connectivity index (χ2v) is 7.25. The van der Waals surface area contributed by atoms with E-state index < -0.39 is 0 Å². The summed E-state index contributed by atoms with van der Waals surface area (Å²) in [6.07, 6.45) is 1.65. The fourth-order valence-electron chi connectivity index (χ4n) is 2.40. The number of nitrogens with one attached hydrogen (secondary N) is 1. The number of amides is 1. The molecule has 0 bridgehead atoms. The smallest absolute Gasteiger partial charge is 0.256 e. The summed E-state index contributed by atoms with van der Waals surface area (Å²) in [6.45, 7) is 0.201. The molecule has 0 aliphatic carbocycles. The maximum atomic E-state index is 12.1. The third-order valence-corrected chi connectivity index (χ3v) is 4.91. The van der Waals surface area contributed by atoms with Crippen molar-refractivity contribution in [1.29, 1.82) is 0 Å². The molecule has 0 radical (unpaired) electrons. The average Bonchev–Trinajstić information content (AvgIpc) is 3.29. The molecule has 4 rings (SSSR count). The third-order valence-electron chi connectivity index (χ3n) is 3.58. The molecule has 0 unspecified atom stereocenters. The Morgan fingerprint density at radius 3 is 2.96 bits per heavy atom. The van der Waals surface area contributed by atoms with Gasteiger partial charge in [0.1, 0.15) is 0 Å². The molecule has 0 atom stereocenters. The van der Waals surface area contributed by atoms with Crippen molar-refractivity contribution in [2.45, 2.75) is 5.22 Å². The number of benzene rings is 2. The molecule has 0 saturated heterocycles. The molecule has 8 heteroatoms. The van der Waals surface area contributed by atoms with E-state index in [2.05, 4.69) is 26.2 Å². The Morgan fingerprint density at radius 2 is 2.08 bits per heavy atom. The number of halogens is 1. The van der Waals surface area contributed by atoms with E-state index in [4.69, 9.17) is 13.9 Å². The van der Waals surface area contributed by atoms with E-state index in [0.29, 0.717) is 28.2 Å². The summed E-state index contributed by atoms with van der Waals surface area (Å²) in [7, 11) is 0. The number of hydrogen-bond acceptors (Lipinski definition) is 6. The number of carbonyl (C=O) groups is 1. The number of thioether (sulfide) groups is 1. The first kappa shape index (κ1) is 17.0. The number of oxazole rings is 1. The highest BCUT2D eigenvalue weighted by molar-refractivity contribution is 9.10. The van der Waals surface area contributed by atoms with Crippen molar-refractivity contribution in [3.8, 4) is 22.8 Å². The van der Waals surface area contributed by atoms with Gasteiger partial charge in [-0.25, -0.2) is 4.98 Å². The lowest BCUT2D eigenvalue weighted by Crippen LogP contribution is -2.13. The molecule has 132 valence electrons. The normalized spacial score (nSPS) is 12.2. The maximum Gasteiger partial charge on any atom is 0.256 e. The van der Waals surface area contributed by atoms with Gasteiger partial charge in [0.2, 0.25) is 12.7 Å². The minimum atomic E-state index is -0.156. The van der Waals surface area contributed by atoms with Crippen molar-refractivity contribution in [3.05, 3.63) is 53.1 Å². The van der Waals surface area contributed by atoms with Crippen LogP contribution in [0.15, 0.2) is 62.8 Å². The standard InChI is InChI=1S/C18H13BrN2O4S/c19-12-3-1-2-11(6-12)16-8-20-18(25-16)26-9-17(22)21-13-4-5-14-15(7-13)24-10-23-14/h1-8H,9-10H2,(H,21,22). The van der Waals surface area contributed by atoms with E-state index in [1.54, 1.807) is 24.4 Å². The van der Waals surface area contributed by atoms with Gasteiger partial charge in [0, 0.05) is 21.8 Å². The summed E-state index contributed by atoms with van der Waals surface area (Å²) in [5.74, 6) is 1.99. The van der Waals surface area contributed by atoms with Gasteiger partial charge >= 0.3 is 0 Å². The van der Waals surface area contributed by atoms with Crippen molar-refractivity contribution in [2.24, 2.45) is 0 Å². The molecular formula is C18H13BrN2O4S. The number of hydrogen-bond donors (Lipinski definition) is 1. The predicted octanol–water partition coefficient (Wildman–Crippen LogP) is 4.56. The molecular weight excluding hydrogens is 420 g/mol. The molecule has 1 N–H and O–H groups in total. The average molecular weight is 433 g/mol. The van der Waals surface area contributed by atoms with Gasteiger partial charge in [-0.1, -0.05) is 39.8 Å². The van der Waals surface area contributed by atoms with Crippen molar-refractivity contribution in [2.75, 3.05) is 17.9 Å². The minimum absolute atomic E-state index is 0.156. The van der Waals surface area contributed by atoms with Gasteiger partial charge in [-0.15, -0.1) is 0 Å². The lowest BCUT2D eigenvalue weighted by molar-refractivity contribution is -0.113. The van der Waals surface area contributed by atoms with Crippen LogP contribution < -0.4 is 14.8 Å². The maximum absolute atomic E-state index is 12.1. The highest BCUT2D eigenvalue weighted by atomic mass is 79.9. The van der Waals surface area contributed by atoms with Crippen LogP contribution in [0, 0.1) is 0 Å². The van der Waals surface area contributed by atoms with Crippen LogP contribution >= 0.6 is 27.7 Å².